The number of carbonyl (C=O) groups excluding carboxylic acids is 1. The van der Waals surface area contributed by atoms with Gasteiger partial charge in [0.05, 0.1) is 0 Å². The minimum atomic E-state index is -0.315. The highest BCUT2D eigenvalue weighted by Crippen LogP contribution is 2.21. The molecule has 0 aromatic heterocycles. The second kappa shape index (κ2) is 11.2. The molecule has 0 saturated heterocycles. The summed E-state index contributed by atoms with van der Waals surface area (Å²) in [6, 6.07) is 11.0. The first-order chi connectivity index (χ1) is 12.6. The molecule has 0 radical (unpaired) electrons. The largest absolute Gasteiger partial charge is 0.445 e. The Morgan fingerprint density at radius 1 is 1.19 bits per heavy atom. The van der Waals surface area contributed by atoms with Gasteiger partial charge in [0.15, 0.2) is 0 Å². The van der Waals surface area contributed by atoms with E-state index in [0.717, 1.165) is 31.5 Å². The number of benzene rings is 1. The van der Waals surface area contributed by atoms with Crippen LogP contribution in [-0.2, 0) is 11.3 Å². The van der Waals surface area contributed by atoms with E-state index in [9.17, 15) is 4.79 Å². The second-order valence-corrected chi connectivity index (χ2v) is 7.31. The Morgan fingerprint density at radius 3 is 2.54 bits per heavy atom. The molecule has 2 N–H and O–H groups in total. The van der Waals surface area contributed by atoms with Gasteiger partial charge in [0.25, 0.3) is 0 Å². The van der Waals surface area contributed by atoms with E-state index in [0.29, 0.717) is 18.7 Å². The van der Waals surface area contributed by atoms with Crippen molar-refractivity contribution in [3.8, 4) is 0 Å². The van der Waals surface area contributed by atoms with Crippen LogP contribution in [0.4, 0.5) is 4.79 Å². The van der Waals surface area contributed by atoms with Crippen molar-refractivity contribution in [3.05, 3.63) is 35.9 Å². The monoisotopic (exact) mass is 361 g/mol. The highest BCUT2D eigenvalue weighted by molar-refractivity contribution is 5.67. The fraction of sp³-hybridized carbons (Fsp3) is 0.667. The SMILES string of the molecule is CCN(CC)CCCC(C)NC1CC(NC(=O)OCc2ccccc2)C1. The van der Waals surface area contributed by atoms with Gasteiger partial charge in [0.1, 0.15) is 6.61 Å². The minimum absolute atomic E-state index is 0.235. The Kier molecular flexibility index (Phi) is 8.92. The summed E-state index contributed by atoms with van der Waals surface area (Å²) < 4.78 is 5.27. The highest BCUT2D eigenvalue weighted by Gasteiger charge is 2.31. The predicted octanol–water partition coefficient (Wildman–Crippen LogP) is 3.54. The third-order valence-corrected chi connectivity index (χ3v) is 5.20. The average Bonchev–Trinajstić information content (AvgIpc) is 2.62. The summed E-state index contributed by atoms with van der Waals surface area (Å²) in [5, 5.41) is 6.63. The van der Waals surface area contributed by atoms with E-state index >= 15 is 0 Å². The van der Waals surface area contributed by atoms with Gasteiger partial charge in [-0.1, -0.05) is 44.2 Å². The quantitative estimate of drug-likeness (QED) is 0.633. The van der Waals surface area contributed by atoms with E-state index in [-0.39, 0.29) is 12.1 Å². The Bertz CT molecular complexity index is 513. The highest BCUT2D eigenvalue weighted by atomic mass is 16.5. The number of hydrogen-bond donors (Lipinski definition) is 2. The molecule has 0 spiro atoms. The molecule has 0 aliphatic heterocycles. The van der Waals surface area contributed by atoms with Crippen molar-refractivity contribution in [2.45, 2.75) is 71.2 Å². The van der Waals surface area contributed by atoms with E-state index in [1.807, 2.05) is 30.3 Å². The van der Waals surface area contributed by atoms with Crippen LogP contribution in [0.2, 0.25) is 0 Å². The molecule has 1 aromatic carbocycles. The van der Waals surface area contributed by atoms with Crippen molar-refractivity contribution in [2.24, 2.45) is 0 Å². The summed E-state index contributed by atoms with van der Waals surface area (Å²) in [6.45, 7) is 10.5. The molecule has 0 heterocycles. The lowest BCUT2D eigenvalue weighted by molar-refractivity contribution is 0.124. The molecular formula is C21H35N3O2. The summed E-state index contributed by atoms with van der Waals surface area (Å²) in [5.74, 6) is 0. The number of nitrogens with one attached hydrogen (secondary N) is 2. The van der Waals surface area contributed by atoms with Crippen LogP contribution >= 0.6 is 0 Å². The van der Waals surface area contributed by atoms with Crippen molar-refractivity contribution in [3.63, 3.8) is 0 Å². The van der Waals surface area contributed by atoms with E-state index in [1.54, 1.807) is 0 Å². The van der Waals surface area contributed by atoms with E-state index in [1.165, 1.54) is 19.4 Å². The summed E-state index contributed by atoms with van der Waals surface area (Å²) in [6.07, 6.45) is 4.09. The van der Waals surface area contributed by atoms with Crippen LogP contribution in [0.1, 0.15) is 52.0 Å². The van der Waals surface area contributed by atoms with Gasteiger partial charge in [0.2, 0.25) is 0 Å². The molecule has 1 aromatic rings. The van der Waals surface area contributed by atoms with Crippen molar-refractivity contribution in [1.82, 2.24) is 15.5 Å². The zero-order chi connectivity index (χ0) is 18.8. The Hall–Kier alpha value is -1.59. The topological polar surface area (TPSA) is 53.6 Å². The lowest BCUT2D eigenvalue weighted by Crippen LogP contribution is -2.54. The minimum Gasteiger partial charge on any atom is -0.445 e. The Balaban J connectivity index is 1.52. The second-order valence-electron chi connectivity index (χ2n) is 7.31. The number of amides is 1. The van der Waals surface area contributed by atoms with Crippen LogP contribution in [0.15, 0.2) is 30.3 Å². The van der Waals surface area contributed by atoms with Gasteiger partial charge in [-0.05, 0) is 57.8 Å². The number of alkyl carbamates (subject to hydrolysis) is 1. The molecule has 1 saturated carbocycles. The first kappa shape index (κ1) is 20.7. The van der Waals surface area contributed by atoms with Crippen LogP contribution in [0.5, 0.6) is 0 Å². The van der Waals surface area contributed by atoms with Crippen LogP contribution in [0.25, 0.3) is 0 Å². The fourth-order valence-electron chi connectivity index (χ4n) is 3.45. The Morgan fingerprint density at radius 2 is 1.88 bits per heavy atom. The van der Waals surface area contributed by atoms with E-state index < -0.39 is 0 Å². The molecule has 1 fully saturated rings. The van der Waals surface area contributed by atoms with Crippen molar-refractivity contribution in [1.29, 1.82) is 0 Å². The molecule has 5 heteroatoms. The zero-order valence-electron chi connectivity index (χ0n) is 16.5. The standard InChI is InChI=1S/C21H35N3O2/c1-4-24(5-2)13-9-10-17(3)22-19-14-20(15-19)23-21(25)26-16-18-11-7-6-8-12-18/h6-8,11-12,17,19-20,22H,4-5,9-10,13-16H2,1-3H3,(H,23,25). The van der Waals surface area contributed by atoms with Gasteiger partial charge in [0, 0.05) is 18.1 Å². The van der Waals surface area contributed by atoms with Gasteiger partial charge in [-0.25, -0.2) is 4.79 Å². The molecule has 2 rings (SSSR count). The Labute approximate surface area is 158 Å². The summed E-state index contributed by atoms with van der Waals surface area (Å²) in [5.41, 5.74) is 1.01. The summed E-state index contributed by atoms with van der Waals surface area (Å²) in [7, 11) is 0. The maximum absolute atomic E-state index is 11.9. The van der Waals surface area contributed by atoms with E-state index in [4.69, 9.17) is 4.74 Å². The first-order valence-electron chi connectivity index (χ1n) is 10.1. The van der Waals surface area contributed by atoms with Gasteiger partial charge in [-0.2, -0.15) is 0 Å². The first-order valence-corrected chi connectivity index (χ1v) is 10.1. The number of carbonyl (C=O) groups is 1. The maximum atomic E-state index is 11.9. The molecule has 1 aliphatic rings. The zero-order valence-corrected chi connectivity index (χ0v) is 16.5. The number of rotatable bonds is 11. The smallest absolute Gasteiger partial charge is 0.407 e. The van der Waals surface area contributed by atoms with Crippen LogP contribution in [0, 0.1) is 0 Å². The molecule has 0 bridgehead atoms. The maximum Gasteiger partial charge on any atom is 0.407 e. The third-order valence-electron chi connectivity index (χ3n) is 5.20. The summed E-state index contributed by atoms with van der Waals surface area (Å²) in [4.78, 5) is 14.3. The van der Waals surface area contributed by atoms with Gasteiger partial charge < -0.3 is 20.3 Å². The van der Waals surface area contributed by atoms with Crippen molar-refractivity contribution >= 4 is 6.09 Å². The third kappa shape index (κ3) is 7.34. The van der Waals surface area contributed by atoms with Crippen LogP contribution < -0.4 is 10.6 Å². The molecule has 26 heavy (non-hydrogen) atoms. The summed E-state index contributed by atoms with van der Waals surface area (Å²) >= 11 is 0. The molecule has 1 unspecified atom stereocenters. The molecule has 146 valence electrons. The van der Waals surface area contributed by atoms with E-state index in [2.05, 4.69) is 36.3 Å². The van der Waals surface area contributed by atoms with Gasteiger partial charge in [-0.15, -0.1) is 0 Å². The molecule has 1 atom stereocenters. The normalized spacial score (nSPS) is 20.5. The molecule has 1 amide bonds. The van der Waals surface area contributed by atoms with Crippen LogP contribution in [0.3, 0.4) is 0 Å². The lowest BCUT2D eigenvalue weighted by Gasteiger charge is -2.38. The predicted molar refractivity (Wildman–Crippen MR) is 106 cm³/mol. The average molecular weight is 362 g/mol. The molecular weight excluding hydrogens is 326 g/mol. The number of ether oxygens (including phenoxy) is 1. The van der Waals surface area contributed by atoms with Crippen molar-refractivity contribution < 1.29 is 9.53 Å². The lowest BCUT2D eigenvalue weighted by atomic mass is 9.86. The number of hydrogen-bond acceptors (Lipinski definition) is 4. The molecule has 5 nitrogen and oxygen atoms in total. The van der Waals surface area contributed by atoms with Crippen LogP contribution in [-0.4, -0.2) is 48.8 Å². The number of nitrogens with zero attached hydrogens (tertiary/aromatic N) is 1. The van der Waals surface area contributed by atoms with Crippen molar-refractivity contribution in [2.75, 3.05) is 19.6 Å². The van der Waals surface area contributed by atoms with Gasteiger partial charge in [-0.3, -0.25) is 0 Å². The van der Waals surface area contributed by atoms with Gasteiger partial charge >= 0.3 is 6.09 Å². The molecule has 1 aliphatic carbocycles. The fourth-order valence-corrected chi connectivity index (χ4v) is 3.45.